The first-order valence-electron chi connectivity index (χ1n) is 7.98. The lowest BCUT2D eigenvalue weighted by atomic mass is 9.87. The Kier molecular flexibility index (Phi) is 4.14. The van der Waals surface area contributed by atoms with Gasteiger partial charge in [0.25, 0.3) is 5.91 Å². The molecule has 2 aliphatic rings. The van der Waals surface area contributed by atoms with E-state index < -0.39 is 0 Å². The number of hydrogen-bond acceptors (Lipinski definition) is 5. The van der Waals surface area contributed by atoms with Crippen LogP contribution >= 0.6 is 0 Å². The smallest absolute Gasteiger partial charge is 0.291 e. The maximum atomic E-state index is 12.6. The molecule has 0 bridgehead atoms. The number of ether oxygens (including phenoxy) is 1. The zero-order chi connectivity index (χ0) is 16.6. The van der Waals surface area contributed by atoms with Crippen LogP contribution in [0.5, 0.6) is 0 Å². The third-order valence-electron chi connectivity index (χ3n) is 4.75. The van der Waals surface area contributed by atoms with Crippen LogP contribution in [-0.4, -0.2) is 65.5 Å². The van der Waals surface area contributed by atoms with Gasteiger partial charge in [0, 0.05) is 31.1 Å². The lowest BCUT2D eigenvalue weighted by Crippen LogP contribution is -2.46. The highest BCUT2D eigenvalue weighted by Gasteiger charge is 2.45. The quantitative estimate of drug-likeness (QED) is 0.815. The zero-order valence-electron chi connectivity index (χ0n) is 13.9. The molecule has 0 aromatic carbocycles. The molecule has 2 saturated heterocycles. The molecular weight excluding hydrogens is 298 g/mol. The number of oxazole rings is 1. The van der Waals surface area contributed by atoms with Gasteiger partial charge >= 0.3 is 0 Å². The monoisotopic (exact) mass is 321 g/mol. The van der Waals surface area contributed by atoms with Gasteiger partial charge in [-0.25, -0.2) is 4.98 Å². The van der Waals surface area contributed by atoms with Crippen LogP contribution in [0.3, 0.4) is 0 Å². The Bertz CT molecular complexity index is 612. The molecule has 3 rings (SSSR count). The second-order valence-corrected chi connectivity index (χ2v) is 6.85. The number of nitrogens with zero attached hydrogens (tertiary/aromatic N) is 3. The molecule has 0 N–H and O–H groups in total. The summed E-state index contributed by atoms with van der Waals surface area (Å²) in [6.07, 6.45) is 2.12. The lowest BCUT2D eigenvalue weighted by Gasteiger charge is -2.34. The van der Waals surface area contributed by atoms with Crippen LogP contribution < -0.4 is 0 Å². The van der Waals surface area contributed by atoms with Gasteiger partial charge in [0.05, 0.1) is 12.3 Å². The van der Waals surface area contributed by atoms with Crippen molar-refractivity contribution in [2.75, 3.05) is 32.8 Å². The van der Waals surface area contributed by atoms with Gasteiger partial charge in [-0.1, -0.05) is 0 Å². The Morgan fingerprint density at radius 3 is 2.83 bits per heavy atom. The molecule has 23 heavy (non-hydrogen) atoms. The van der Waals surface area contributed by atoms with Crippen LogP contribution in [0, 0.1) is 12.3 Å². The molecule has 0 radical (unpaired) electrons. The average molecular weight is 321 g/mol. The normalized spacial score (nSPS) is 25.5. The highest BCUT2D eigenvalue weighted by atomic mass is 16.5. The van der Waals surface area contributed by atoms with E-state index in [9.17, 15) is 9.59 Å². The summed E-state index contributed by atoms with van der Waals surface area (Å²) < 4.78 is 10.8. The first kappa shape index (κ1) is 16.0. The second-order valence-electron chi connectivity index (χ2n) is 6.85. The fraction of sp³-hybridized carbons (Fsp3) is 0.688. The van der Waals surface area contributed by atoms with Crippen molar-refractivity contribution in [3.63, 3.8) is 0 Å². The minimum atomic E-state index is -0.194. The van der Waals surface area contributed by atoms with Gasteiger partial charge in [0.1, 0.15) is 6.61 Å². The zero-order valence-corrected chi connectivity index (χ0v) is 13.9. The van der Waals surface area contributed by atoms with Gasteiger partial charge in [-0.05, 0) is 27.2 Å². The Labute approximate surface area is 135 Å². The largest absolute Gasteiger partial charge is 0.438 e. The Morgan fingerprint density at radius 2 is 2.17 bits per heavy atom. The first-order chi connectivity index (χ1) is 10.9. The summed E-state index contributed by atoms with van der Waals surface area (Å²) in [5.74, 6) is 0.185. The maximum absolute atomic E-state index is 12.6. The summed E-state index contributed by atoms with van der Waals surface area (Å²) in [6.45, 7) is 8.24. The highest BCUT2D eigenvalue weighted by Crippen LogP contribution is 2.35. The lowest BCUT2D eigenvalue weighted by molar-refractivity contribution is -0.135. The number of carbonyl (C=O) groups is 2. The van der Waals surface area contributed by atoms with E-state index in [0.717, 1.165) is 6.42 Å². The van der Waals surface area contributed by atoms with Gasteiger partial charge in [-0.3, -0.25) is 9.59 Å². The molecule has 1 spiro atoms. The maximum Gasteiger partial charge on any atom is 0.291 e. The van der Waals surface area contributed by atoms with Crippen LogP contribution in [0.2, 0.25) is 0 Å². The van der Waals surface area contributed by atoms with Crippen LogP contribution in [-0.2, 0) is 9.53 Å². The predicted molar refractivity (Wildman–Crippen MR) is 81.9 cm³/mol. The molecule has 2 aliphatic heterocycles. The van der Waals surface area contributed by atoms with Crippen molar-refractivity contribution in [2.24, 2.45) is 5.41 Å². The standard InChI is InChI=1S/C16H23N3O4/c1-11(2)19-8-16(9-22-6-13(19)20)4-5-18(7-16)15(21)14-12(3)17-10-23-14/h10-11H,4-9H2,1-3H3. The fourth-order valence-electron chi connectivity index (χ4n) is 3.41. The van der Waals surface area contributed by atoms with E-state index in [1.54, 1.807) is 11.8 Å². The minimum absolute atomic E-state index is 0.0210. The van der Waals surface area contributed by atoms with Crippen LogP contribution in [0.4, 0.5) is 0 Å². The number of likely N-dealkylation sites (tertiary alicyclic amines) is 1. The van der Waals surface area contributed by atoms with Crippen molar-refractivity contribution >= 4 is 11.8 Å². The van der Waals surface area contributed by atoms with E-state index in [4.69, 9.17) is 9.15 Å². The van der Waals surface area contributed by atoms with Gasteiger partial charge in [-0.2, -0.15) is 0 Å². The Morgan fingerprint density at radius 1 is 1.39 bits per heavy atom. The average Bonchev–Trinajstić information content (AvgIpc) is 3.06. The minimum Gasteiger partial charge on any atom is -0.438 e. The van der Waals surface area contributed by atoms with Crippen molar-refractivity contribution in [3.8, 4) is 0 Å². The molecule has 0 saturated carbocycles. The summed E-state index contributed by atoms with van der Waals surface area (Å²) in [5, 5.41) is 0. The van der Waals surface area contributed by atoms with Gasteiger partial charge in [-0.15, -0.1) is 0 Å². The van der Waals surface area contributed by atoms with Gasteiger partial charge < -0.3 is 19.0 Å². The summed E-state index contributed by atoms with van der Waals surface area (Å²) in [4.78, 5) is 32.4. The van der Waals surface area contributed by atoms with Crippen molar-refractivity contribution < 1.29 is 18.7 Å². The van der Waals surface area contributed by atoms with Crippen LogP contribution in [0.15, 0.2) is 10.8 Å². The van der Waals surface area contributed by atoms with Crippen molar-refractivity contribution in [1.29, 1.82) is 0 Å². The Balaban J connectivity index is 1.76. The van der Waals surface area contributed by atoms with Crippen molar-refractivity contribution in [2.45, 2.75) is 33.2 Å². The topological polar surface area (TPSA) is 75.9 Å². The molecule has 3 heterocycles. The first-order valence-corrected chi connectivity index (χ1v) is 7.98. The Hall–Kier alpha value is -1.89. The molecule has 1 aromatic heterocycles. The number of amides is 2. The molecule has 7 heteroatoms. The van der Waals surface area contributed by atoms with E-state index in [1.165, 1.54) is 6.39 Å². The summed E-state index contributed by atoms with van der Waals surface area (Å²) in [5.41, 5.74) is 0.409. The molecule has 2 amide bonds. The summed E-state index contributed by atoms with van der Waals surface area (Å²) in [7, 11) is 0. The molecule has 0 aliphatic carbocycles. The van der Waals surface area contributed by atoms with Crippen molar-refractivity contribution in [3.05, 3.63) is 17.8 Å². The summed E-state index contributed by atoms with van der Waals surface area (Å²) in [6, 6.07) is 0.127. The molecule has 2 fully saturated rings. The van der Waals surface area contributed by atoms with Crippen molar-refractivity contribution in [1.82, 2.24) is 14.8 Å². The molecule has 1 unspecified atom stereocenters. The number of carbonyl (C=O) groups excluding carboxylic acids is 2. The number of aryl methyl sites for hydroxylation is 1. The number of rotatable bonds is 2. The molecule has 7 nitrogen and oxygen atoms in total. The van der Waals surface area contributed by atoms with Gasteiger partial charge in [0.2, 0.25) is 11.7 Å². The van der Waals surface area contributed by atoms with E-state index in [0.29, 0.717) is 37.7 Å². The SMILES string of the molecule is Cc1ncoc1C(=O)N1CCC2(COCC(=O)N(C(C)C)C2)C1. The predicted octanol–water partition coefficient (Wildman–Crippen LogP) is 1.08. The molecule has 1 aromatic rings. The molecular formula is C16H23N3O4. The number of hydrogen-bond donors (Lipinski definition) is 0. The van der Waals surface area contributed by atoms with Crippen LogP contribution in [0.1, 0.15) is 36.5 Å². The summed E-state index contributed by atoms with van der Waals surface area (Å²) >= 11 is 0. The molecule has 1 atom stereocenters. The van der Waals surface area contributed by atoms with Crippen LogP contribution in [0.25, 0.3) is 0 Å². The fourth-order valence-corrected chi connectivity index (χ4v) is 3.41. The third kappa shape index (κ3) is 2.97. The highest BCUT2D eigenvalue weighted by molar-refractivity contribution is 5.92. The van der Waals surface area contributed by atoms with E-state index >= 15 is 0 Å². The second kappa shape index (κ2) is 5.96. The van der Waals surface area contributed by atoms with E-state index in [1.807, 2.05) is 18.7 Å². The van der Waals surface area contributed by atoms with E-state index in [-0.39, 0.29) is 29.9 Å². The molecule has 126 valence electrons. The van der Waals surface area contributed by atoms with E-state index in [2.05, 4.69) is 4.98 Å². The van der Waals surface area contributed by atoms with Gasteiger partial charge in [0.15, 0.2) is 6.39 Å². The third-order valence-corrected chi connectivity index (χ3v) is 4.75. The number of aromatic nitrogens is 1.